The zero-order valence-corrected chi connectivity index (χ0v) is 10.9. The van der Waals surface area contributed by atoms with Gasteiger partial charge in [0, 0.05) is 0 Å². The SMILES string of the molecule is O=NO.[Na+].[Na+].[O-][As]([O-])O. The van der Waals surface area contributed by atoms with E-state index in [1.54, 1.807) is 0 Å². The van der Waals surface area contributed by atoms with Gasteiger partial charge in [0.05, 0.1) is 0 Å². The Balaban J connectivity index is -0.0000000233. The molecule has 9 heteroatoms. The van der Waals surface area contributed by atoms with Gasteiger partial charge in [-0.05, 0) is 0 Å². The van der Waals surface area contributed by atoms with Gasteiger partial charge in [-0.2, -0.15) is 0 Å². The third-order valence-corrected chi connectivity index (χ3v) is 0. The van der Waals surface area contributed by atoms with Crippen molar-refractivity contribution < 1.29 is 76.6 Å². The summed E-state index contributed by atoms with van der Waals surface area (Å²) >= 11 is -3.69. The second-order valence-electron chi connectivity index (χ2n) is 0.319. The van der Waals surface area contributed by atoms with Gasteiger partial charge in [0.25, 0.3) is 0 Å². The first-order chi connectivity index (χ1) is 3.15. The molecule has 0 aliphatic rings. The molecule has 0 aromatic rings. The number of nitrogens with zero attached hydrogens (tertiary/aromatic N) is 1. The van der Waals surface area contributed by atoms with Crippen molar-refractivity contribution in [3.05, 3.63) is 4.91 Å². The molecule has 0 aromatic carbocycles. The third-order valence-electron chi connectivity index (χ3n) is 0. The summed E-state index contributed by atoms with van der Waals surface area (Å²) < 4.78 is 24.4. The molecular formula is H2AsNNa2O5. The van der Waals surface area contributed by atoms with Gasteiger partial charge in [-0.3, -0.25) is 0 Å². The fourth-order valence-corrected chi connectivity index (χ4v) is 0. The van der Waals surface area contributed by atoms with Crippen LogP contribution in [0.4, 0.5) is 0 Å². The van der Waals surface area contributed by atoms with E-state index in [-0.39, 0.29) is 59.1 Å². The molecule has 6 nitrogen and oxygen atoms in total. The molecule has 0 rings (SSSR count). The van der Waals surface area contributed by atoms with Crippen molar-refractivity contribution in [1.29, 1.82) is 0 Å². The summed E-state index contributed by atoms with van der Waals surface area (Å²) in [4.78, 5) is 8.11. The molecule has 2 N–H and O–H groups in total. The molecule has 0 saturated heterocycles. The van der Waals surface area contributed by atoms with Crippen molar-refractivity contribution in [3.63, 3.8) is 0 Å². The van der Waals surface area contributed by atoms with Crippen LogP contribution < -0.4 is 67.3 Å². The zero-order valence-electron chi connectivity index (χ0n) is 5.01. The van der Waals surface area contributed by atoms with Crippen molar-refractivity contribution in [1.82, 2.24) is 0 Å². The Morgan fingerprint density at radius 1 is 1.33 bits per heavy atom. The standard InChI is InChI=1S/AsHO3.HNO2.2Na/c2-1(3)4;2-1-3;;/h2H;(H,2,3);;/q-2;;2*+1. The van der Waals surface area contributed by atoms with Crippen LogP contribution in [0.5, 0.6) is 0 Å². The summed E-state index contributed by atoms with van der Waals surface area (Å²) in [6.07, 6.45) is 0. The van der Waals surface area contributed by atoms with Crippen molar-refractivity contribution in [2.24, 2.45) is 5.34 Å². The summed E-state index contributed by atoms with van der Waals surface area (Å²) in [5, 5.41) is 7.89. The van der Waals surface area contributed by atoms with Gasteiger partial charge in [-0.1, -0.05) is 0 Å². The Bertz CT molecular complexity index is 39.2. The van der Waals surface area contributed by atoms with E-state index < -0.39 is 15.7 Å². The van der Waals surface area contributed by atoms with Gasteiger partial charge in [-0.15, -0.1) is 4.91 Å². The molecule has 0 amide bonds. The topological polar surface area (TPSA) is 116 Å². The molecule has 0 radical (unpaired) electrons. The van der Waals surface area contributed by atoms with Crippen LogP contribution in [-0.4, -0.2) is 25.0 Å². The van der Waals surface area contributed by atoms with Crippen LogP contribution in [0.25, 0.3) is 0 Å². The molecule has 44 valence electrons. The molecule has 9 heavy (non-hydrogen) atoms. The van der Waals surface area contributed by atoms with Crippen molar-refractivity contribution >= 4 is 15.7 Å². The van der Waals surface area contributed by atoms with E-state index in [0.29, 0.717) is 0 Å². The van der Waals surface area contributed by atoms with E-state index in [1.165, 1.54) is 5.34 Å². The second kappa shape index (κ2) is 22.5. The Morgan fingerprint density at radius 3 is 1.33 bits per heavy atom. The van der Waals surface area contributed by atoms with E-state index >= 15 is 0 Å². The van der Waals surface area contributed by atoms with Gasteiger partial charge in [0.2, 0.25) is 0 Å². The normalized spacial score (nSPS) is 5.33. The van der Waals surface area contributed by atoms with E-state index in [1.807, 2.05) is 0 Å². The average molecular weight is 217 g/mol. The molecule has 0 heterocycles. The van der Waals surface area contributed by atoms with Crippen LogP contribution in [0, 0.1) is 4.91 Å². The minimum absolute atomic E-state index is 0. The predicted octanol–water partition coefficient (Wildman–Crippen LogP) is -9.17. The van der Waals surface area contributed by atoms with E-state index in [2.05, 4.69) is 0 Å². The van der Waals surface area contributed by atoms with Crippen LogP contribution in [0.1, 0.15) is 0 Å². The quantitative estimate of drug-likeness (QED) is 0.237. The fraction of sp³-hybridized carbons (Fsp3) is 0. The molecule has 0 spiro atoms. The molecule has 0 fully saturated rings. The third kappa shape index (κ3) is 179. The van der Waals surface area contributed by atoms with E-state index in [0.717, 1.165) is 0 Å². The van der Waals surface area contributed by atoms with Gasteiger partial charge in [-0.25, -0.2) is 0 Å². The summed E-state index contributed by atoms with van der Waals surface area (Å²) in [6.45, 7) is 0. The summed E-state index contributed by atoms with van der Waals surface area (Å²) in [5.74, 6) is 0. The molecule has 0 aromatic heterocycles. The zero-order chi connectivity index (χ0) is 6.28. The summed E-state index contributed by atoms with van der Waals surface area (Å²) in [7, 11) is 0. The van der Waals surface area contributed by atoms with Gasteiger partial charge in [0.15, 0.2) is 5.34 Å². The Kier molecular flexibility index (Phi) is 56.2. The first-order valence-electron chi connectivity index (χ1n) is 0.948. The van der Waals surface area contributed by atoms with E-state index in [4.69, 9.17) is 22.4 Å². The molecular weight excluding hydrogens is 215 g/mol. The molecule has 0 atom stereocenters. The maximum atomic E-state index is 8.67. The van der Waals surface area contributed by atoms with Crippen LogP contribution in [0.15, 0.2) is 5.34 Å². The van der Waals surface area contributed by atoms with Crippen molar-refractivity contribution in [2.75, 3.05) is 0 Å². The van der Waals surface area contributed by atoms with Gasteiger partial charge in [0.1, 0.15) is 0 Å². The molecule has 0 aliphatic carbocycles. The Morgan fingerprint density at radius 2 is 1.33 bits per heavy atom. The molecule has 0 bridgehead atoms. The van der Waals surface area contributed by atoms with Crippen LogP contribution in [0.3, 0.4) is 0 Å². The Hall–Kier alpha value is 1.84. The van der Waals surface area contributed by atoms with Crippen molar-refractivity contribution in [2.45, 2.75) is 0 Å². The van der Waals surface area contributed by atoms with Crippen LogP contribution in [0.2, 0.25) is 0 Å². The maximum absolute atomic E-state index is 8.67. The number of hydrogen-bond acceptors (Lipinski definition) is 5. The van der Waals surface area contributed by atoms with Crippen LogP contribution in [-0.2, 0) is 0 Å². The fourth-order valence-electron chi connectivity index (χ4n) is 0. The summed E-state index contributed by atoms with van der Waals surface area (Å²) in [6, 6.07) is 0. The van der Waals surface area contributed by atoms with Crippen molar-refractivity contribution in [3.8, 4) is 0 Å². The Labute approximate surface area is 101 Å². The molecule has 0 aliphatic heterocycles. The first kappa shape index (κ1) is 22.4. The molecule has 0 saturated carbocycles. The first-order valence-corrected chi connectivity index (χ1v) is 3.32. The monoisotopic (exact) mass is 217 g/mol. The second-order valence-corrected chi connectivity index (χ2v) is 1.32. The molecule has 0 unspecified atom stereocenters. The number of rotatable bonds is 0. The van der Waals surface area contributed by atoms with Gasteiger partial charge >= 0.3 is 87.1 Å². The van der Waals surface area contributed by atoms with E-state index in [9.17, 15) is 0 Å². The average Bonchev–Trinajstić information content (AvgIpc) is 1.33. The summed E-state index contributed by atoms with van der Waals surface area (Å²) in [5.41, 5.74) is 0. The van der Waals surface area contributed by atoms with Crippen LogP contribution >= 0.6 is 0 Å². The van der Waals surface area contributed by atoms with Gasteiger partial charge < -0.3 is 5.21 Å². The number of hydrogen-bond donors (Lipinski definition) is 2. The minimum atomic E-state index is -3.69. The predicted molar refractivity (Wildman–Crippen MR) is 15.6 cm³/mol.